The molecule has 54 heavy (non-hydrogen) atoms. The maximum absolute atomic E-state index is 6.95. The molecule has 2 spiro atoms. The highest BCUT2D eigenvalue weighted by Gasteiger charge is 2.67. The zero-order valence-electron chi connectivity index (χ0n) is 34.3. The molecule has 0 radical (unpaired) electrons. The lowest BCUT2D eigenvalue weighted by Gasteiger charge is -2.57. The van der Waals surface area contributed by atoms with Crippen LogP contribution >= 0.6 is 0 Å². The summed E-state index contributed by atoms with van der Waals surface area (Å²) < 4.78 is 6.95. The van der Waals surface area contributed by atoms with Gasteiger partial charge in [-0.3, -0.25) is 0 Å². The molecular formula is C52H55NO. The Morgan fingerprint density at radius 1 is 0.389 bits per heavy atom. The van der Waals surface area contributed by atoms with Crippen LogP contribution in [0, 0.1) is 21.7 Å². The van der Waals surface area contributed by atoms with Crippen LogP contribution in [0.25, 0.3) is 11.1 Å². The van der Waals surface area contributed by atoms with Crippen molar-refractivity contribution >= 4 is 17.1 Å². The van der Waals surface area contributed by atoms with Crippen molar-refractivity contribution in [3.63, 3.8) is 0 Å². The molecule has 0 N–H and O–H groups in total. The molecule has 0 fully saturated rings. The van der Waals surface area contributed by atoms with Gasteiger partial charge >= 0.3 is 0 Å². The highest BCUT2D eigenvalue weighted by molar-refractivity contribution is 5.90. The van der Waals surface area contributed by atoms with Crippen molar-refractivity contribution in [1.29, 1.82) is 0 Å². The summed E-state index contributed by atoms with van der Waals surface area (Å²) in [5.41, 5.74) is 16.3. The van der Waals surface area contributed by atoms with E-state index in [9.17, 15) is 0 Å². The van der Waals surface area contributed by atoms with Gasteiger partial charge < -0.3 is 9.64 Å². The summed E-state index contributed by atoms with van der Waals surface area (Å²) in [6, 6.07) is 43.2. The Morgan fingerprint density at radius 2 is 0.815 bits per heavy atom. The van der Waals surface area contributed by atoms with E-state index in [1.807, 2.05) is 0 Å². The second-order valence-electron chi connectivity index (χ2n) is 18.7. The SMILES string of the molecule is CC1=C(C)C(C)(C)C2(c3ccccc3Oc3cc(-c4ccc5c(c4)N(c4ccccc4)c4ccccc4C54C(C)(C)C(C)=C(C)C4(C)C)ccc32)C1(C)C. The average Bonchev–Trinajstić information content (AvgIpc) is 3.33. The molecule has 0 unspecified atom stereocenters. The van der Waals surface area contributed by atoms with Crippen LogP contribution in [0.3, 0.4) is 0 Å². The number of nitrogens with zero attached hydrogens (tertiary/aromatic N) is 1. The van der Waals surface area contributed by atoms with Crippen LogP contribution in [0.1, 0.15) is 105 Å². The molecule has 5 aromatic carbocycles. The second-order valence-corrected chi connectivity index (χ2v) is 18.7. The molecule has 0 atom stereocenters. The number of hydrogen-bond donors (Lipinski definition) is 0. The van der Waals surface area contributed by atoms with Gasteiger partial charge in [0.2, 0.25) is 0 Å². The highest BCUT2D eigenvalue weighted by Crippen LogP contribution is 2.74. The van der Waals surface area contributed by atoms with Crippen molar-refractivity contribution in [2.24, 2.45) is 21.7 Å². The first-order chi connectivity index (χ1) is 25.5. The minimum atomic E-state index is -0.282. The Bertz CT molecular complexity index is 2420. The minimum Gasteiger partial charge on any atom is -0.457 e. The Kier molecular flexibility index (Phi) is 7.05. The third-order valence-corrected chi connectivity index (χ3v) is 16.1. The highest BCUT2D eigenvalue weighted by atomic mass is 16.5. The van der Waals surface area contributed by atoms with Crippen LogP contribution in [-0.2, 0) is 10.8 Å². The van der Waals surface area contributed by atoms with Crippen molar-refractivity contribution in [2.75, 3.05) is 4.90 Å². The molecule has 2 heteroatoms. The third-order valence-electron chi connectivity index (χ3n) is 16.1. The second kappa shape index (κ2) is 10.9. The van der Waals surface area contributed by atoms with E-state index >= 15 is 0 Å². The Hall–Kier alpha value is -4.82. The lowest BCUT2D eigenvalue weighted by Crippen LogP contribution is -2.52. The number of anilines is 3. The fraction of sp³-hybridized carbons (Fsp3) is 0.346. The van der Waals surface area contributed by atoms with Crippen molar-refractivity contribution in [3.05, 3.63) is 160 Å². The number of hydrogen-bond acceptors (Lipinski definition) is 2. The van der Waals surface area contributed by atoms with Crippen LogP contribution in [0.5, 0.6) is 11.5 Å². The predicted octanol–water partition coefficient (Wildman–Crippen LogP) is 14.6. The van der Waals surface area contributed by atoms with Gasteiger partial charge in [-0.1, -0.05) is 157 Å². The van der Waals surface area contributed by atoms with Gasteiger partial charge in [0.05, 0.1) is 11.4 Å². The van der Waals surface area contributed by atoms with E-state index in [1.165, 1.54) is 67.2 Å². The number of benzene rings is 5. The molecule has 0 saturated heterocycles. The van der Waals surface area contributed by atoms with E-state index < -0.39 is 0 Å². The Balaban J connectivity index is 1.30. The van der Waals surface area contributed by atoms with Gasteiger partial charge in [-0.05, 0) is 86.3 Å². The number of rotatable bonds is 2. The van der Waals surface area contributed by atoms with Gasteiger partial charge in [-0.2, -0.15) is 0 Å². The molecule has 2 aliphatic carbocycles. The van der Waals surface area contributed by atoms with E-state index in [0.29, 0.717) is 0 Å². The molecule has 0 saturated carbocycles. The van der Waals surface area contributed by atoms with Gasteiger partial charge in [0.1, 0.15) is 11.5 Å². The van der Waals surface area contributed by atoms with E-state index in [-0.39, 0.29) is 32.5 Å². The van der Waals surface area contributed by atoms with Gasteiger partial charge in [0, 0.05) is 49.3 Å². The van der Waals surface area contributed by atoms with Gasteiger partial charge in [0.15, 0.2) is 0 Å². The van der Waals surface area contributed by atoms with Crippen LogP contribution in [0.15, 0.2) is 138 Å². The third kappa shape index (κ3) is 3.78. The summed E-state index contributed by atoms with van der Waals surface area (Å²) in [6.07, 6.45) is 0. The molecule has 0 bridgehead atoms. The average molecular weight is 710 g/mol. The molecule has 274 valence electrons. The predicted molar refractivity (Wildman–Crippen MR) is 227 cm³/mol. The number of ether oxygens (including phenoxy) is 1. The fourth-order valence-corrected chi connectivity index (χ4v) is 12.8. The van der Waals surface area contributed by atoms with Crippen LogP contribution < -0.4 is 9.64 Å². The summed E-state index contributed by atoms with van der Waals surface area (Å²) in [5, 5.41) is 0. The lowest BCUT2D eigenvalue weighted by atomic mass is 9.48. The zero-order valence-corrected chi connectivity index (χ0v) is 34.3. The van der Waals surface area contributed by atoms with Crippen LogP contribution in [0.4, 0.5) is 17.1 Å². The maximum Gasteiger partial charge on any atom is 0.132 e. The van der Waals surface area contributed by atoms with Crippen LogP contribution in [-0.4, -0.2) is 0 Å². The molecular weight excluding hydrogens is 655 g/mol. The molecule has 0 amide bonds. The van der Waals surface area contributed by atoms with Crippen molar-refractivity contribution < 1.29 is 4.74 Å². The first-order valence-electron chi connectivity index (χ1n) is 19.9. The largest absolute Gasteiger partial charge is 0.457 e. The van der Waals surface area contributed by atoms with E-state index in [2.05, 4.69) is 203 Å². The number of para-hydroxylation sites is 3. The van der Waals surface area contributed by atoms with E-state index in [1.54, 1.807) is 0 Å². The lowest BCUT2D eigenvalue weighted by molar-refractivity contribution is 0.140. The fourth-order valence-electron chi connectivity index (χ4n) is 12.8. The number of fused-ring (bicyclic) bond motifs is 8. The van der Waals surface area contributed by atoms with Gasteiger partial charge in [-0.15, -0.1) is 0 Å². The quantitative estimate of drug-likeness (QED) is 0.169. The molecule has 5 aromatic rings. The van der Waals surface area contributed by atoms with Crippen LogP contribution in [0.2, 0.25) is 0 Å². The number of allylic oxidation sites excluding steroid dienone is 4. The standard InChI is InChI=1S/C52H55NO/c1-32-33(2)48(7,8)51(47(32,5)6)39-22-16-18-24-43(39)53(38-20-14-13-15-21-38)44-30-36(26-28-40(44)51)37-27-29-42-46(31-37)54-45-25-19-17-23-41(45)52(42)49(9,10)34(3)35(4)50(52,11)12/h13-31H,1-12H3. The van der Waals surface area contributed by atoms with Crippen molar-refractivity contribution in [2.45, 2.75) is 93.9 Å². The maximum atomic E-state index is 6.95. The topological polar surface area (TPSA) is 12.5 Å². The van der Waals surface area contributed by atoms with E-state index in [4.69, 9.17) is 4.74 Å². The Morgan fingerprint density at radius 3 is 1.41 bits per heavy atom. The Labute approximate surface area is 323 Å². The van der Waals surface area contributed by atoms with Gasteiger partial charge in [-0.25, -0.2) is 0 Å². The monoisotopic (exact) mass is 709 g/mol. The molecule has 2 heterocycles. The molecule has 0 aromatic heterocycles. The normalized spacial score (nSPS) is 21.4. The smallest absolute Gasteiger partial charge is 0.132 e. The summed E-state index contributed by atoms with van der Waals surface area (Å²) in [7, 11) is 0. The minimum absolute atomic E-state index is 0.119. The summed E-state index contributed by atoms with van der Waals surface area (Å²) in [6.45, 7) is 29.1. The summed E-state index contributed by atoms with van der Waals surface area (Å²) in [4.78, 5) is 2.51. The van der Waals surface area contributed by atoms with Crippen molar-refractivity contribution in [3.8, 4) is 22.6 Å². The summed E-state index contributed by atoms with van der Waals surface area (Å²) >= 11 is 0. The molecule has 2 nitrogen and oxygen atoms in total. The van der Waals surface area contributed by atoms with Gasteiger partial charge in [0.25, 0.3) is 0 Å². The van der Waals surface area contributed by atoms with Crippen molar-refractivity contribution in [1.82, 2.24) is 0 Å². The molecule has 4 aliphatic rings. The molecule has 9 rings (SSSR count). The molecule has 2 aliphatic heterocycles. The first-order valence-corrected chi connectivity index (χ1v) is 19.9. The van der Waals surface area contributed by atoms with E-state index in [0.717, 1.165) is 17.1 Å². The summed E-state index contributed by atoms with van der Waals surface area (Å²) in [5.74, 6) is 1.93. The zero-order chi connectivity index (χ0) is 38.4. The first kappa shape index (κ1) is 34.9.